The summed E-state index contributed by atoms with van der Waals surface area (Å²) < 4.78 is 0. The van der Waals surface area contributed by atoms with Crippen molar-refractivity contribution in [2.24, 2.45) is 0 Å². The first-order valence-electron chi connectivity index (χ1n) is 4.66. The van der Waals surface area contributed by atoms with Crippen molar-refractivity contribution in [1.82, 2.24) is 15.2 Å². The van der Waals surface area contributed by atoms with Crippen molar-refractivity contribution < 1.29 is 9.90 Å². The summed E-state index contributed by atoms with van der Waals surface area (Å²) in [5, 5.41) is 17.8. The number of nitrogens with one attached hydrogen (secondary N) is 2. The van der Waals surface area contributed by atoms with E-state index in [1.165, 1.54) is 23.7 Å². The lowest BCUT2D eigenvalue weighted by atomic mass is 10.4. The first-order chi connectivity index (χ1) is 8.29. The maximum absolute atomic E-state index is 11.6. The topological polar surface area (TPSA) is 90.9 Å². The number of anilines is 1. The number of amides is 1. The fourth-order valence-corrected chi connectivity index (χ4v) is 1.75. The van der Waals surface area contributed by atoms with E-state index in [-0.39, 0.29) is 12.5 Å². The molecular formula is C10H8N4O2S. The predicted molar refractivity (Wildman–Crippen MR) is 62.6 cm³/mol. The lowest BCUT2D eigenvalue weighted by molar-refractivity contribution is 0.102. The third-order valence-corrected chi connectivity index (χ3v) is 2.59. The molecule has 2 aromatic heterocycles. The second-order valence-corrected chi connectivity index (χ2v) is 3.94. The van der Waals surface area contributed by atoms with E-state index in [1.807, 2.05) is 0 Å². The molecule has 0 atom stereocenters. The molecule has 1 amide bonds. The summed E-state index contributed by atoms with van der Waals surface area (Å²) in [7, 11) is 0. The van der Waals surface area contributed by atoms with E-state index < -0.39 is 0 Å². The number of hydrogen-bond acceptors (Lipinski definition) is 5. The van der Waals surface area contributed by atoms with E-state index in [4.69, 9.17) is 5.11 Å². The molecule has 0 saturated heterocycles. The molecule has 0 aliphatic carbocycles. The van der Waals surface area contributed by atoms with Crippen LogP contribution in [0.15, 0.2) is 18.5 Å². The minimum Gasteiger partial charge on any atom is -0.384 e. The van der Waals surface area contributed by atoms with Gasteiger partial charge in [-0.15, -0.1) is 0 Å². The molecule has 0 spiro atoms. The van der Waals surface area contributed by atoms with Gasteiger partial charge in [0.1, 0.15) is 12.3 Å². The van der Waals surface area contributed by atoms with Crippen LogP contribution in [0.1, 0.15) is 15.4 Å². The van der Waals surface area contributed by atoms with Crippen molar-refractivity contribution >= 4 is 22.4 Å². The van der Waals surface area contributed by atoms with Crippen LogP contribution in [0.25, 0.3) is 0 Å². The molecular weight excluding hydrogens is 240 g/mol. The molecule has 3 N–H and O–H groups in total. The molecule has 0 unspecified atom stereocenters. The monoisotopic (exact) mass is 248 g/mol. The first-order valence-corrected chi connectivity index (χ1v) is 5.47. The number of nitrogens with zero attached hydrogens (tertiary/aromatic N) is 2. The summed E-state index contributed by atoms with van der Waals surface area (Å²) in [6.45, 7) is -0.201. The first kappa shape index (κ1) is 11.3. The predicted octanol–water partition coefficient (Wildman–Crippen LogP) is 0.462. The van der Waals surface area contributed by atoms with Crippen LogP contribution in [0.2, 0.25) is 0 Å². The highest BCUT2D eigenvalue weighted by Gasteiger charge is 2.09. The summed E-state index contributed by atoms with van der Waals surface area (Å²) in [5.41, 5.74) is 0.364. The fraction of sp³-hybridized carbons (Fsp3) is 0.100. The summed E-state index contributed by atoms with van der Waals surface area (Å²) in [4.78, 5) is 16.3. The molecule has 0 aromatic carbocycles. The van der Waals surface area contributed by atoms with Crippen LogP contribution in [0, 0.1) is 11.8 Å². The molecule has 2 aromatic rings. The zero-order valence-corrected chi connectivity index (χ0v) is 9.41. The van der Waals surface area contributed by atoms with Gasteiger partial charge in [0, 0.05) is 6.20 Å². The van der Waals surface area contributed by atoms with Gasteiger partial charge in [0.05, 0.1) is 11.1 Å². The number of aliphatic hydroxyl groups is 1. The molecule has 2 heterocycles. The van der Waals surface area contributed by atoms with Crippen LogP contribution in [-0.4, -0.2) is 32.8 Å². The Kier molecular flexibility index (Phi) is 3.49. The Morgan fingerprint density at radius 1 is 1.65 bits per heavy atom. The zero-order chi connectivity index (χ0) is 12.1. The van der Waals surface area contributed by atoms with Crippen LogP contribution in [0.3, 0.4) is 0 Å². The number of aromatic amines is 1. The van der Waals surface area contributed by atoms with Crippen molar-refractivity contribution in [2.45, 2.75) is 0 Å². The molecule has 17 heavy (non-hydrogen) atoms. The number of aromatic nitrogens is 3. The van der Waals surface area contributed by atoms with Crippen LogP contribution < -0.4 is 5.32 Å². The van der Waals surface area contributed by atoms with Crippen molar-refractivity contribution in [3.63, 3.8) is 0 Å². The highest BCUT2D eigenvalue weighted by atomic mass is 32.1. The molecule has 2 rings (SSSR count). The summed E-state index contributed by atoms with van der Waals surface area (Å²) in [6, 6.07) is 1.56. The number of aliphatic hydroxyl groups excluding tert-OH is 1. The van der Waals surface area contributed by atoms with E-state index in [1.54, 1.807) is 6.07 Å². The van der Waals surface area contributed by atoms with Crippen LogP contribution in [0.5, 0.6) is 0 Å². The quantitative estimate of drug-likeness (QED) is 0.673. The molecule has 0 bridgehead atoms. The molecule has 0 radical (unpaired) electrons. The van der Waals surface area contributed by atoms with Gasteiger partial charge in [0.15, 0.2) is 5.13 Å². The minimum absolute atomic E-state index is 0.201. The number of rotatable bonds is 2. The SMILES string of the molecule is O=C(Nc1ncc(C#CCO)s1)c1ccn[nH]1. The van der Waals surface area contributed by atoms with Gasteiger partial charge in [-0.1, -0.05) is 23.2 Å². The number of H-pyrrole nitrogens is 1. The van der Waals surface area contributed by atoms with Crippen LogP contribution in [0.4, 0.5) is 5.13 Å². The lowest BCUT2D eigenvalue weighted by Gasteiger charge is -1.96. The molecule has 86 valence electrons. The highest BCUT2D eigenvalue weighted by molar-refractivity contribution is 7.16. The minimum atomic E-state index is -0.307. The Morgan fingerprint density at radius 3 is 3.24 bits per heavy atom. The smallest absolute Gasteiger partial charge is 0.275 e. The van der Waals surface area contributed by atoms with E-state index in [0.29, 0.717) is 15.7 Å². The molecule has 0 aliphatic heterocycles. The van der Waals surface area contributed by atoms with E-state index in [9.17, 15) is 4.79 Å². The maximum Gasteiger partial charge on any atom is 0.275 e. The van der Waals surface area contributed by atoms with E-state index in [0.717, 1.165) is 0 Å². The van der Waals surface area contributed by atoms with Crippen molar-refractivity contribution in [3.05, 3.63) is 29.0 Å². The molecule has 7 heteroatoms. The van der Waals surface area contributed by atoms with Crippen molar-refractivity contribution in [3.8, 4) is 11.8 Å². The van der Waals surface area contributed by atoms with E-state index >= 15 is 0 Å². The Hall–Kier alpha value is -2.17. The molecule has 0 saturated carbocycles. The normalized spacial score (nSPS) is 9.47. The second-order valence-electron chi connectivity index (χ2n) is 2.91. The van der Waals surface area contributed by atoms with Crippen molar-refractivity contribution in [2.75, 3.05) is 11.9 Å². The number of thiazole rings is 1. The van der Waals surface area contributed by atoms with E-state index in [2.05, 4.69) is 32.3 Å². The lowest BCUT2D eigenvalue weighted by Crippen LogP contribution is -2.11. The summed E-state index contributed by atoms with van der Waals surface area (Å²) >= 11 is 1.24. The third kappa shape index (κ3) is 2.90. The number of carbonyl (C=O) groups excluding carboxylic acids is 1. The molecule has 6 nitrogen and oxygen atoms in total. The van der Waals surface area contributed by atoms with Gasteiger partial charge in [-0.05, 0) is 6.07 Å². The van der Waals surface area contributed by atoms with Gasteiger partial charge >= 0.3 is 0 Å². The van der Waals surface area contributed by atoms with Gasteiger partial charge in [-0.3, -0.25) is 15.2 Å². The van der Waals surface area contributed by atoms with Gasteiger partial charge < -0.3 is 5.11 Å². The fourth-order valence-electron chi connectivity index (χ4n) is 1.06. The Balaban J connectivity index is 2.04. The Morgan fingerprint density at radius 2 is 2.53 bits per heavy atom. The Bertz CT molecular complexity index is 565. The maximum atomic E-state index is 11.6. The van der Waals surface area contributed by atoms with Gasteiger partial charge in [-0.2, -0.15) is 5.10 Å². The van der Waals surface area contributed by atoms with Crippen LogP contribution in [-0.2, 0) is 0 Å². The van der Waals surface area contributed by atoms with Crippen LogP contribution >= 0.6 is 11.3 Å². The summed E-state index contributed by atoms with van der Waals surface area (Å²) in [5.74, 6) is 4.91. The zero-order valence-electron chi connectivity index (χ0n) is 8.60. The second kappa shape index (κ2) is 5.25. The van der Waals surface area contributed by atoms with Gasteiger partial charge in [0.25, 0.3) is 5.91 Å². The summed E-state index contributed by atoms with van der Waals surface area (Å²) in [6.07, 6.45) is 3.03. The highest BCUT2D eigenvalue weighted by Crippen LogP contribution is 2.17. The molecule has 0 aliphatic rings. The Labute approximate surface area is 101 Å². The molecule has 0 fully saturated rings. The van der Waals surface area contributed by atoms with Crippen molar-refractivity contribution in [1.29, 1.82) is 0 Å². The van der Waals surface area contributed by atoms with Gasteiger partial charge in [-0.25, -0.2) is 4.98 Å². The van der Waals surface area contributed by atoms with Gasteiger partial charge in [0.2, 0.25) is 0 Å². The third-order valence-electron chi connectivity index (χ3n) is 1.76. The number of carbonyl (C=O) groups is 1. The number of hydrogen-bond donors (Lipinski definition) is 3. The standard InChI is InChI=1S/C10H8N4O2S/c15-5-1-2-7-6-11-10(17-7)13-9(16)8-3-4-12-14-8/h3-4,6,15H,5H2,(H,12,14)(H,11,13,16). The average Bonchev–Trinajstić information content (AvgIpc) is 2.97. The largest absolute Gasteiger partial charge is 0.384 e. The average molecular weight is 248 g/mol.